The van der Waals surface area contributed by atoms with E-state index in [4.69, 9.17) is 0 Å². The van der Waals surface area contributed by atoms with Crippen molar-refractivity contribution in [2.75, 3.05) is 0 Å². The fourth-order valence-electron chi connectivity index (χ4n) is 1.33. The van der Waals surface area contributed by atoms with E-state index in [0.29, 0.717) is 5.82 Å². The summed E-state index contributed by atoms with van der Waals surface area (Å²) in [4.78, 5) is 11.2. The Morgan fingerprint density at radius 3 is 2.69 bits per heavy atom. The third kappa shape index (κ3) is 1.61. The summed E-state index contributed by atoms with van der Waals surface area (Å²) < 4.78 is 0. The van der Waals surface area contributed by atoms with Gasteiger partial charge in [0.1, 0.15) is 7.85 Å². The van der Waals surface area contributed by atoms with Crippen LogP contribution in [0.5, 0.6) is 0 Å². The first kappa shape index (κ1) is 8.04. The molecule has 3 nitrogen and oxygen atoms in total. The number of H-pyrrole nitrogens is 1. The van der Waals surface area contributed by atoms with Gasteiger partial charge in [0.15, 0.2) is 0 Å². The van der Waals surface area contributed by atoms with Crippen molar-refractivity contribution in [3.8, 4) is 0 Å². The molecule has 1 unspecified atom stereocenters. The topological polar surface area (TPSA) is 41.6 Å². The molecule has 0 aliphatic rings. The van der Waals surface area contributed by atoms with Crippen molar-refractivity contribution in [3.05, 3.63) is 48.3 Å². The van der Waals surface area contributed by atoms with Crippen molar-refractivity contribution < 1.29 is 0 Å². The van der Waals surface area contributed by atoms with Gasteiger partial charge in [0, 0.05) is 18.6 Å². The SMILES string of the molecule is BC(c1ccncc1)c1c[nH]cn1. The van der Waals surface area contributed by atoms with Crippen LogP contribution in [-0.2, 0) is 0 Å². The Kier molecular flexibility index (Phi) is 2.12. The van der Waals surface area contributed by atoms with Crippen molar-refractivity contribution >= 4 is 7.85 Å². The second-order valence-electron chi connectivity index (χ2n) is 3.00. The average Bonchev–Trinajstić information content (AvgIpc) is 2.71. The van der Waals surface area contributed by atoms with E-state index in [9.17, 15) is 0 Å². The molecule has 1 atom stereocenters. The van der Waals surface area contributed by atoms with Crippen LogP contribution in [0.25, 0.3) is 0 Å². The third-order valence-corrected chi connectivity index (χ3v) is 2.17. The van der Waals surface area contributed by atoms with Gasteiger partial charge in [-0.15, -0.1) is 0 Å². The van der Waals surface area contributed by atoms with Crippen molar-refractivity contribution in [2.24, 2.45) is 0 Å². The number of nitrogens with zero attached hydrogens (tertiary/aromatic N) is 2. The zero-order chi connectivity index (χ0) is 9.10. The van der Waals surface area contributed by atoms with E-state index in [1.165, 1.54) is 5.56 Å². The quantitative estimate of drug-likeness (QED) is 0.669. The van der Waals surface area contributed by atoms with Gasteiger partial charge in [0.2, 0.25) is 0 Å². The minimum atomic E-state index is 0.328. The predicted molar refractivity (Wildman–Crippen MR) is 53.2 cm³/mol. The lowest BCUT2D eigenvalue weighted by Gasteiger charge is -2.07. The molecule has 0 amide bonds. The number of nitrogens with one attached hydrogen (secondary N) is 1. The van der Waals surface area contributed by atoms with Gasteiger partial charge in [-0.2, -0.15) is 0 Å². The zero-order valence-corrected chi connectivity index (χ0v) is 7.44. The predicted octanol–water partition coefficient (Wildman–Crippen LogP) is 0.527. The first-order chi connectivity index (χ1) is 6.38. The van der Waals surface area contributed by atoms with Gasteiger partial charge in [-0.1, -0.05) is 0 Å². The van der Waals surface area contributed by atoms with Crippen LogP contribution in [0.4, 0.5) is 0 Å². The monoisotopic (exact) mass is 171 g/mol. The van der Waals surface area contributed by atoms with Crippen molar-refractivity contribution in [1.29, 1.82) is 0 Å². The van der Waals surface area contributed by atoms with Crippen LogP contribution in [0, 0.1) is 0 Å². The van der Waals surface area contributed by atoms with E-state index in [1.54, 1.807) is 18.7 Å². The number of hydrogen-bond donors (Lipinski definition) is 1. The lowest BCUT2D eigenvalue weighted by molar-refractivity contribution is 1.05. The van der Waals surface area contributed by atoms with Crippen LogP contribution >= 0.6 is 0 Å². The summed E-state index contributed by atoms with van der Waals surface area (Å²) in [6.45, 7) is 0. The summed E-state index contributed by atoms with van der Waals surface area (Å²) in [6, 6.07) is 4.03. The molecule has 1 N–H and O–H groups in total. The molecule has 2 aromatic heterocycles. The number of aromatic nitrogens is 3. The van der Waals surface area contributed by atoms with Crippen molar-refractivity contribution in [1.82, 2.24) is 15.0 Å². The smallest absolute Gasteiger partial charge is 0.119 e. The second kappa shape index (κ2) is 3.43. The highest BCUT2D eigenvalue weighted by Crippen LogP contribution is 2.17. The van der Waals surface area contributed by atoms with Gasteiger partial charge >= 0.3 is 0 Å². The van der Waals surface area contributed by atoms with Crippen LogP contribution in [0.2, 0.25) is 0 Å². The minimum absolute atomic E-state index is 0.328. The lowest BCUT2D eigenvalue weighted by atomic mass is 9.79. The molecule has 0 aliphatic carbocycles. The summed E-state index contributed by atoms with van der Waals surface area (Å²) in [6.07, 6.45) is 7.23. The first-order valence-electron chi connectivity index (χ1n) is 4.26. The molecule has 0 saturated carbocycles. The zero-order valence-electron chi connectivity index (χ0n) is 7.44. The van der Waals surface area contributed by atoms with Gasteiger partial charge < -0.3 is 4.98 Å². The summed E-state index contributed by atoms with van der Waals surface area (Å²) in [5.74, 6) is 0.328. The van der Waals surface area contributed by atoms with Crippen molar-refractivity contribution in [2.45, 2.75) is 5.82 Å². The molecule has 2 rings (SSSR count). The molecule has 2 heterocycles. The largest absolute Gasteiger partial charge is 0.351 e. The fraction of sp³-hybridized carbons (Fsp3) is 0.111. The molecule has 0 bridgehead atoms. The van der Waals surface area contributed by atoms with Crippen LogP contribution in [0.3, 0.4) is 0 Å². The Balaban J connectivity index is 2.29. The van der Waals surface area contributed by atoms with Gasteiger partial charge in [0.05, 0.1) is 12.0 Å². The maximum atomic E-state index is 4.22. The van der Waals surface area contributed by atoms with E-state index < -0.39 is 0 Å². The normalized spacial score (nSPS) is 12.6. The summed E-state index contributed by atoms with van der Waals surface area (Å²) in [5, 5.41) is 0. The Labute approximate surface area is 77.7 Å². The second-order valence-corrected chi connectivity index (χ2v) is 3.00. The number of aromatic amines is 1. The number of pyridine rings is 1. The van der Waals surface area contributed by atoms with E-state index >= 15 is 0 Å². The summed E-state index contributed by atoms with van der Waals surface area (Å²) in [7, 11) is 2.13. The molecule has 0 aromatic carbocycles. The van der Waals surface area contributed by atoms with Gasteiger partial charge in [-0.25, -0.2) is 4.98 Å². The number of hydrogen-bond acceptors (Lipinski definition) is 2. The molecule has 0 fully saturated rings. The van der Waals surface area contributed by atoms with Gasteiger partial charge in [0.25, 0.3) is 0 Å². The lowest BCUT2D eigenvalue weighted by Crippen LogP contribution is -2.00. The van der Waals surface area contributed by atoms with Crippen LogP contribution in [-0.4, -0.2) is 22.8 Å². The Bertz CT molecular complexity index is 358. The van der Waals surface area contributed by atoms with Crippen LogP contribution < -0.4 is 0 Å². The maximum absolute atomic E-state index is 4.22. The Hall–Kier alpha value is -1.58. The minimum Gasteiger partial charge on any atom is -0.351 e. The molecule has 64 valence electrons. The molecule has 0 spiro atoms. The molecule has 2 aromatic rings. The summed E-state index contributed by atoms with van der Waals surface area (Å²) in [5.41, 5.74) is 2.30. The average molecular weight is 171 g/mol. The molecular weight excluding hydrogens is 161 g/mol. The Morgan fingerprint density at radius 2 is 2.08 bits per heavy atom. The molecule has 13 heavy (non-hydrogen) atoms. The van der Waals surface area contributed by atoms with E-state index in [-0.39, 0.29) is 0 Å². The maximum Gasteiger partial charge on any atom is 0.119 e. The van der Waals surface area contributed by atoms with E-state index in [2.05, 4.69) is 22.8 Å². The van der Waals surface area contributed by atoms with Crippen LogP contribution in [0.1, 0.15) is 17.1 Å². The Morgan fingerprint density at radius 1 is 1.31 bits per heavy atom. The molecule has 0 saturated heterocycles. The third-order valence-electron chi connectivity index (χ3n) is 2.17. The highest BCUT2D eigenvalue weighted by atomic mass is 14.9. The highest BCUT2D eigenvalue weighted by Gasteiger charge is 2.08. The fourth-order valence-corrected chi connectivity index (χ4v) is 1.33. The highest BCUT2D eigenvalue weighted by molar-refractivity contribution is 6.14. The van der Waals surface area contributed by atoms with E-state index in [1.807, 2.05) is 18.3 Å². The standard InChI is InChI=1S/C9H10BN3/c10-9(8-5-12-6-13-8)7-1-3-11-4-2-7/h1-6,9H,10H2,(H,12,13). The summed E-state index contributed by atoms with van der Waals surface area (Å²) >= 11 is 0. The molecular formula is C9H10BN3. The number of imidazole rings is 1. The first-order valence-corrected chi connectivity index (χ1v) is 4.26. The molecule has 0 aliphatic heterocycles. The van der Waals surface area contributed by atoms with E-state index in [0.717, 1.165) is 5.69 Å². The van der Waals surface area contributed by atoms with Crippen molar-refractivity contribution in [3.63, 3.8) is 0 Å². The van der Waals surface area contributed by atoms with Crippen LogP contribution in [0.15, 0.2) is 37.1 Å². The van der Waals surface area contributed by atoms with Gasteiger partial charge in [-0.3, -0.25) is 4.98 Å². The van der Waals surface area contributed by atoms with Gasteiger partial charge in [-0.05, 0) is 23.5 Å². The number of rotatable bonds is 2. The molecule has 4 heteroatoms. The molecule has 0 radical (unpaired) electrons.